The fraction of sp³-hybridized carbons (Fsp3) is 0.500. The Morgan fingerprint density at radius 1 is 1.11 bits per heavy atom. The largest absolute Gasteiger partial charge is 0.478 e. The number of aliphatic hydroxyl groups is 1. The number of ether oxygens (including phenoxy) is 2. The van der Waals surface area contributed by atoms with Gasteiger partial charge in [-0.05, 0) is 6.42 Å². The number of aliphatic carboxylic acids is 2. The average Bonchev–Trinajstić information content (AvgIpc) is 2.41. The first-order valence-electron chi connectivity index (χ1n) is 5.52. The molecule has 0 atom stereocenters. The summed E-state index contributed by atoms with van der Waals surface area (Å²) in [5, 5.41) is 23.7. The number of rotatable bonds is 4. The van der Waals surface area contributed by atoms with E-state index >= 15 is 0 Å². The molecular weight excluding hydrogens is 256 g/mol. The third kappa shape index (κ3) is 18.8. The smallest absolute Gasteiger partial charge is 0.327 e. The lowest BCUT2D eigenvalue weighted by Gasteiger charge is -2.21. The molecule has 1 saturated heterocycles. The first kappa shape index (κ1) is 19.6. The number of hydrogen-bond acceptors (Lipinski definition) is 5. The predicted octanol–water partition coefficient (Wildman–Crippen LogP) is 0.646. The van der Waals surface area contributed by atoms with Crippen LogP contribution in [0.2, 0.25) is 0 Å². The lowest BCUT2D eigenvalue weighted by atomic mass is 10.4. The van der Waals surface area contributed by atoms with Crippen molar-refractivity contribution in [1.29, 1.82) is 0 Å². The molecule has 3 N–H and O–H groups in total. The topological polar surface area (TPSA) is 113 Å². The van der Waals surface area contributed by atoms with E-state index in [1.807, 2.05) is 0 Å². The minimum absolute atomic E-state index is 0.144. The number of carboxylic acids is 2. The average molecular weight is 276 g/mol. The molecule has 0 unspecified atom stereocenters. The van der Waals surface area contributed by atoms with Crippen LogP contribution in [0.3, 0.4) is 0 Å². The van der Waals surface area contributed by atoms with Crippen LogP contribution >= 0.6 is 0 Å². The highest BCUT2D eigenvalue weighted by Gasteiger charge is 2.12. The molecule has 1 heterocycles. The number of carboxylic acid groups (broad SMARTS) is 2. The van der Waals surface area contributed by atoms with Crippen LogP contribution in [0.5, 0.6) is 0 Å². The third-order valence-electron chi connectivity index (χ3n) is 1.61. The van der Waals surface area contributed by atoms with Gasteiger partial charge in [0.05, 0.1) is 13.2 Å². The van der Waals surface area contributed by atoms with Crippen molar-refractivity contribution in [2.45, 2.75) is 19.1 Å². The standard InChI is InChI=1S/C6H12O3.2C3H4O2/c7-3-2-6-8-4-1-5-9-6;2*1-2-3(4)5/h6-7H,1-5H2;2*2H,1H2,(H,4,5). The Labute approximate surface area is 111 Å². The summed E-state index contributed by atoms with van der Waals surface area (Å²) < 4.78 is 10.3. The molecule has 7 heteroatoms. The second-order valence-corrected chi connectivity index (χ2v) is 3.12. The van der Waals surface area contributed by atoms with Gasteiger partial charge in [-0.3, -0.25) is 0 Å². The van der Waals surface area contributed by atoms with Crippen molar-refractivity contribution in [2.24, 2.45) is 0 Å². The second-order valence-electron chi connectivity index (χ2n) is 3.12. The monoisotopic (exact) mass is 276 g/mol. The van der Waals surface area contributed by atoms with Crippen molar-refractivity contribution in [3.63, 3.8) is 0 Å². The Balaban J connectivity index is 0. The van der Waals surface area contributed by atoms with Crippen LogP contribution in [0, 0.1) is 0 Å². The van der Waals surface area contributed by atoms with Gasteiger partial charge in [0, 0.05) is 25.2 Å². The summed E-state index contributed by atoms with van der Waals surface area (Å²) in [6, 6.07) is 0. The van der Waals surface area contributed by atoms with Gasteiger partial charge in [-0.15, -0.1) is 0 Å². The van der Waals surface area contributed by atoms with Gasteiger partial charge in [-0.25, -0.2) is 9.59 Å². The summed E-state index contributed by atoms with van der Waals surface area (Å²) in [5.41, 5.74) is 0. The van der Waals surface area contributed by atoms with Gasteiger partial charge in [0.25, 0.3) is 0 Å². The van der Waals surface area contributed by atoms with Crippen LogP contribution in [0.1, 0.15) is 12.8 Å². The summed E-state index contributed by atoms with van der Waals surface area (Å²) >= 11 is 0. The maximum Gasteiger partial charge on any atom is 0.327 e. The van der Waals surface area contributed by atoms with E-state index in [1.165, 1.54) is 0 Å². The highest BCUT2D eigenvalue weighted by atomic mass is 16.7. The maximum absolute atomic E-state index is 9.25. The summed E-state index contributed by atoms with van der Waals surface area (Å²) in [5.74, 6) is -1.96. The third-order valence-corrected chi connectivity index (χ3v) is 1.61. The van der Waals surface area contributed by atoms with Gasteiger partial charge >= 0.3 is 11.9 Å². The maximum atomic E-state index is 9.25. The molecule has 19 heavy (non-hydrogen) atoms. The van der Waals surface area contributed by atoms with Crippen molar-refractivity contribution in [2.75, 3.05) is 19.8 Å². The quantitative estimate of drug-likeness (QED) is 0.646. The summed E-state index contributed by atoms with van der Waals surface area (Å²) in [6.45, 7) is 7.60. The van der Waals surface area contributed by atoms with Gasteiger partial charge in [-0.1, -0.05) is 13.2 Å². The lowest BCUT2D eigenvalue weighted by Crippen LogP contribution is -2.25. The van der Waals surface area contributed by atoms with Gasteiger partial charge < -0.3 is 24.8 Å². The van der Waals surface area contributed by atoms with E-state index in [2.05, 4.69) is 13.2 Å². The fourth-order valence-corrected chi connectivity index (χ4v) is 0.809. The molecule has 110 valence electrons. The molecule has 0 amide bonds. The molecule has 1 aliphatic rings. The molecular formula is C12H20O7. The van der Waals surface area contributed by atoms with Crippen LogP contribution in [0.4, 0.5) is 0 Å². The Kier molecular flexibility index (Phi) is 14.8. The van der Waals surface area contributed by atoms with E-state index in [4.69, 9.17) is 24.8 Å². The molecule has 7 nitrogen and oxygen atoms in total. The molecule has 0 bridgehead atoms. The van der Waals surface area contributed by atoms with Gasteiger partial charge in [0.2, 0.25) is 0 Å². The number of hydrogen-bond donors (Lipinski definition) is 3. The molecule has 0 spiro atoms. The Bertz CT molecular complexity index is 248. The fourth-order valence-electron chi connectivity index (χ4n) is 0.809. The first-order chi connectivity index (χ1) is 8.97. The minimum atomic E-state index is -0.981. The Hall–Kier alpha value is -1.70. The number of aliphatic hydroxyl groups excluding tert-OH is 1. The molecule has 0 saturated carbocycles. The minimum Gasteiger partial charge on any atom is -0.478 e. The molecule has 1 rings (SSSR count). The molecule has 0 radical (unpaired) electrons. The van der Waals surface area contributed by atoms with Crippen molar-refractivity contribution >= 4 is 11.9 Å². The predicted molar refractivity (Wildman–Crippen MR) is 67.7 cm³/mol. The molecule has 0 aromatic rings. The molecule has 0 aliphatic carbocycles. The van der Waals surface area contributed by atoms with Gasteiger partial charge in [-0.2, -0.15) is 0 Å². The SMILES string of the molecule is C=CC(=O)O.C=CC(=O)O.OCCC1OCCCO1. The van der Waals surface area contributed by atoms with Gasteiger partial charge in [0.1, 0.15) is 0 Å². The number of carbonyl (C=O) groups is 2. The van der Waals surface area contributed by atoms with Crippen molar-refractivity contribution in [3.05, 3.63) is 25.3 Å². The Morgan fingerprint density at radius 2 is 1.47 bits per heavy atom. The zero-order chi connectivity index (χ0) is 15.1. The van der Waals surface area contributed by atoms with Crippen molar-refractivity contribution < 1.29 is 34.4 Å². The highest BCUT2D eigenvalue weighted by Crippen LogP contribution is 2.06. The molecule has 1 fully saturated rings. The van der Waals surface area contributed by atoms with E-state index in [0.717, 1.165) is 31.8 Å². The first-order valence-corrected chi connectivity index (χ1v) is 5.52. The zero-order valence-electron chi connectivity index (χ0n) is 10.7. The van der Waals surface area contributed by atoms with E-state index < -0.39 is 11.9 Å². The Morgan fingerprint density at radius 3 is 1.74 bits per heavy atom. The van der Waals surface area contributed by atoms with Crippen molar-refractivity contribution in [3.8, 4) is 0 Å². The van der Waals surface area contributed by atoms with E-state index in [0.29, 0.717) is 6.42 Å². The molecule has 0 aromatic carbocycles. The molecule has 1 aliphatic heterocycles. The van der Waals surface area contributed by atoms with Crippen molar-refractivity contribution in [1.82, 2.24) is 0 Å². The molecule has 0 aromatic heterocycles. The van der Waals surface area contributed by atoms with E-state index in [-0.39, 0.29) is 12.9 Å². The van der Waals surface area contributed by atoms with Crippen LogP contribution in [0.15, 0.2) is 25.3 Å². The van der Waals surface area contributed by atoms with E-state index in [1.54, 1.807) is 0 Å². The van der Waals surface area contributed by atoms with E-state index in [9.17, 15) is 9.59 Å². The normalized spacial score (nSPS) is 13.9. The zero-order valence-corrected chi connectivity index (χ0v) is 10.7. The summed E-state index contributed by atoms with van der Waals surface area (Å²) in [6.07, 6.45) is 3.09. The van der Waals surface area contributed by atoms with Crippen LogP contribution in [-0.4, -0.2) is 53.4 Å². The summed E-state index contributed by atoms with van der Waals surface area (Å²) in [7, 11) is 0. The van der Waals surface area contributed by atoms with Crippen LogP contribution in [0.25, 0.3) is 0 Å². The lowest BCUT2D eigenvalue weighted by molar-refractivity contribution is -0.184. The van der Waals surface area contributed by atoms with Crippen LogP contribution in [-0.2, 0) is 19.1 Å². The van der Waals surface area contributed by atoms with Gasteiger partial charge in [0.15, 0.2) is 6.29 Å². The highest BCUT2D eigenvalue weighted by molar-refractivity contribution is 5.79. The second kappa shape index (κ2) is 14.4. The summed E-state index contributed by atoms with van der Waals surface area (Å²) in [4.78, 5) is 18.5. The van der Waals surface area contributed by atoms with Crippen LogP contribution < -0.4 is 0 Å².